The van der Waals surface area contributed by atoms with Crippen LogP contribution in [0.5, 0.6) is 0 Å². The van der Waals surface area contributed by atoms with Gasteiger partial charge in [-0.05, 0) is 36.5 Å². The number of aromatic nitrogens is 2. The molecule has 160 valence electrons. The molecule has 30 heavy (non-hydrogen) atoms. The molecule has 7 nitrogen and oxygen atoms in total. The van der Waals surface area contributed by atoms with Gasteiger partial charge in [0.25, 0.3) is 0 Å². The van der Waals surface area contributed by atoms with Crippen LogP contribution in [0.15, 0.2) is 24.5 Å². The molecule has 0 bridgehead atoms. The Bertz CT molecular complexity index is 945. The number of nitrogens with zero attached hydrogens (tertiary/aromatic N) is 4. The predicted octanol–water partition coefficient (Wildman–Crippen LogP) is 1.86. The van der Waals surface area contributed by atoms with E-state index in [1.807, 2.05) is 0 Å². The van der Waals surface area contributed by atoms with Gasteiger partial charge in [-0.3, -0.25) is 4.79 Å². The Morgan fingerprint density at radius 2 is 2.03 bits per heavy atom. The van der Waals surface area contributed by atoms with E-state index in [1.54, 1.807) is 24.0 Å². The number of piperazine rings is 1. The van der Waals surface area contributed by atoms with Crippen molar-refractivity contribution in [3.05, 3.63) is 52.7 Å². The Hall–Kier alpha value is -2.58. The van der Waals surface area contributed by atoms with Crippen molar-refractivity contribution in [3.63, 3.8) is 0 Å². The SMILES string of the molecule is Cc1ccc([C@@H](CN)C(=O)N2CCN(c3ncnc4c3[C@H](C)C[C@@H]4O)CC2)cc1F. The number of aliphatic hydroxyl groups is 1. The van der Waals surface area contributed by atoms with E-state index in [0.717, 1.165) is 17.1 Å². The second-order valence-corrected chi connectivity index (χ2v) is 8.26. The largest absolute Gasteiger partial charge is 0.387 e. The van der Waals surface area contributed by atoms with Gasteiger partial charge < -0.3 is 20.6 Å². The number of aliphatic hydroxyl groups excluding tert-OH is 1. The summed E-state index contributed by atoms with van der Waals surface area (Å²) in [5.41, 5.74) is 8.78. The summed E-state index contributed by atoms with van der Waals surface area (Å²) in [6.07, 6.45) is 1.62. The molecule has 2 aromatic rings. The van der Waals surface area contributed by atoms with Crippen LogP contribution in [0.25, 0.3) is 0 Å². The monoisotopic (exact) mass is 413 g/mol. The zero-order valence-electron chi connectivity index (χ0n) is 17.4. The summed E-state index contributed by atoms with van der Waals surface area (Å²) in [6.45, 7) is 6.26. The van der Waals surface area contributed by atoms with Gasteiger partial charge in [-0.15, -0.1) is 0 Å². The molecule has 1 aliphatic carbocycles. The van der Waals surface area contributed by atoms with Gasteiger partial charge in [0.1, 0.15) is 18.0 Å². The van der Waals surface area contributed by atoms with Crippen LogP contribution >= 0.6 is 0 Å². The smallest absolute Gasteiger partial charge is 0.231 e. The fourth-order valence-electron chi connectivity index (χ4n) is 4.52. The number of nitrogens with two attached hydrogens (primary N) is 1. The summed E-state index contributed by atoms with van der Waals surface area (Å²) in [4.78, 5) is 25.8. The Labute approximate surface area is 175 Å². The van der Waals surface area contributed by atoms with Gasteiger partial charge in [0.05, 0.1) is 17.7 Å². The van der Waals surface area contributed by atoms with Crippen molar-refractivity contribution >= 4 is 11.7 Å². The Balaban J connectivity index is 1.47. The fraction of sp³-hybridized carbons (Fsp3) is 0.500. The Morgan fingerprint density at radius 3 is 2.70 bits per heavy atom. The quantitative estimate of drug-likeness (QED) is 0.794. The predicted molar refractivity (Wildman–Crippen MR) is 112 cm³/mol. The second kappa shape index (κ2) is 8.28. The molecular formula is C22H28FN5O2. The lowest BCUT2D eigenvalue weighted by molar-refractivity contribution is -0.132. The summed E-state index contributed by atoms with van der Waals surface area (Å²) >= 11 is 0. The van der Waals surface area contributed by atoms with E-state index in [2.05, 4.69) is 21.8 Å². The van der Waals surface area contributed by atoms with E-state index < -0.39 is 12.0 Å². The molecule has 0 radical (unpaired) electrons. The van der Waals surface area contributed by atoms with Gasteiger partial charge in [-0.25, -0.2) is 14.4 Å². The summed E-state index contributed by atoms with van der Waals surface area (Å²) in [5.74, 6) is 0.107. The second-order valence-electron chi connectivity index (χ2n) is 8.26. The molecule has 0 unspecified atom stereocenters. The van der Waals surface area contributed by atoms with Crippen molar-refractivity contribution in [2.24, 2.45) is 5.73 Å². The molecule has 1 aromatic heterocycles. The minimum absolute atomic E-state index is 0.0721. The summed E-state index contributed by atoms with van der Waals surface area (Å²) < 4.78 is 14.0. The van der Waals surface area contributed by atoms with Gasteiger partial charge in [0.2, 0.25) is 5.91 Å². The first-order valence-corrected chi connectivity index (χ1v) is 10.4. The molecule has 2 aliphatic rings. The highest BCUT2D eigenvalue weighted by Gasteiger charge is 2.34. The van der Waals surface area contributed by atoms with E-state index in [9.17, 15) is 14.3 Å². The lowest BCUT2D eigenvalue weighted by Gasteiger charge is -2.37. The maximum absolute atomic E-state index is 14.0. The molecule has 1 saturated heterocycles. The highest BCUT2D eigenvalue weighted by atomic mass is 19.1. The number of amides is 1. The van der Waals surface area contributed by atoms with Crippen LogP contribution in [0.3, 0.4) is 0 Å². The molecular weight excluding hydrogens is 385 g/mol. The van der Waals surface area contributed by atoms with E-state index in [4.69, 9.17) is 5.73 Å². The molecule has 3 atom stereocenters. The summed E-state index contributed by atoms with van der Waals surface area (Å²) in [5, 5.41) is 10.2. The van der Waals surface area contributed by atoms with Gasteiger partial charge >= 0.3 is 0 Å². The average Bonchev–Trinajstić information content (AvgIpc) is 3.05. The van der Waals surface area contributed by atoms with Crippen LogP contribution in [-0.2, 0) is 4.79 Å². The lowest BCUT2D eigenvalue weighted by Crippen LogP contribution is -2.51. The molecule has 0 spiro atoms. The first-order chi connectivity index (χ1) is 14.4. The third kappa shape index (κ3) is 3.65. The molecule has 2 heterocycles. The van der Waals surface area contributed by atoms with E-state index in [1.165, 1.54) is 12.4 Å². The third-order valence-corrected chi connectivity index (χ3v) is 6.30. The van der Waals surface area contributed by atoms with Crippen molar-refractivity contribution in [2.45, 2.75) is 38.2 Å². The molecule has 1 aliphatic heterocycles. The molecule has 1 fully saturated rings. The highest BCUT2D eigenvalue weighted by Crippen LogP contribution is 2.42. The molecule has 4 rings (SSSR count). The minimum Gasteiger partial charge on any atom is -0.387 e. The van der Waals surface area contributed by atoms with Crippen LogP contribution in [-0.4, -0.2) is 58.6 Å². The number of carbonyl (C=O) groups is 1. The van der Waals surface area contributed by atoms with E-state index in [0.29, 0.717) is 43.7 Å². The number of hydrogen-bond acceptors (Lipinski definition) is 6. The number of anilines is 1. The Kier molecular flexibility index (Phi) is 5.71. The summed E-state index contributed by atoms with van der Waals surface area (Å²) in [7, 11) is 0. The van der Waals surface area contributed by atoms with Crippen LogP contribution in [0.1, 0.15) is 53.7 Å². The number of halogens is 1. The van der Waals surface area contributed by atoms with E-state index in [-0.39, 0.29) is 24.2 Å². The van der Waals surface area contributed by atoms with Gasteiger partial charge in [-0.1, -0.05) is 19.1 Å². The number of aryl methyl sites for hydroxylation is 1. The normalized spacial score (nSPS) is 22.2. The molecule has 0 saturated carbocycles. The molecule has 1 aromatic carbocycles. The van der Waals surface area contributed by atoms with Crippen LogP contribution in [0.4, 0.5) is 10.2 Å². The van der Waals surface area contributed by atoms with Crippen molar-refractivity contribution < 1.29 is 14.3 Å². The molecule has 1 amide bonds. The number of rotatable bonds is 4. The van der Waals surface area contributed by atoms with Crippen LogP contribution in [0.2, 0.25) is 0 Å². The zero-order chi connectivity index (χ0) is 21.4. The molecule has 8 heteroatoms. The molecule has 3 N–H and O–H groups in total. The van der Waals surface area contributed by atoms with Crippen molar-refractivity contribution in [2.75, 3.05) is 37.6 Å². The van der Waals surface area contributed by atoms with E-state index >= 15 is 0 Å². The first-order valence-electron chi connectivity index (χ1n) is 10.4. The third-order valence-electron chi connectivity index (χ3n) is 6.30. The van der Waals surface area contributed by atoms with Crippen molar-refractivity contribution in [1.29, 1.82) is 0 Å². The number of hydrogen-bond donors (Lipinski definition) is 2. The standard InChI is InChI=1S/C22H28FN5O2/c1-13-3-4-15(10-17(13)23)16(11-24)22(30)28-7-5-27(6-8-28)21-19-14(2)9-18(29)20(19)25-12-26-21/h3-4,10,12,14,16,18,29H,5-9,11,24H2,1-2H3/t14-,16-,18+/m1/s1. The average molecular weight is 413 g/mol. The topological polar surface area (TPSA) is 95.6 Å². The number of fused-ring (bicyclic) bond motifs is 1. The number of carbonyl (C=O) groups excluding carboxylic acids is 1. The fourth-order valence-corrected chi connectivity index (χ4v) is 4.52. The summed E-state index contributed by atoms with van der Waals surface area (Å²) in [6, 6.07) is 4.88. The first kappa shape index (κ1) is 20.7. The zero-order valence-corrected chi connectivity index (χ0v) is 17.4. The minimum atomic E-state index is -0.551. The maximum Gasteiger partial charge on any atom is 0.231 e. The highest BCUT2D eigenvalue weighted by molar-refractivity contribution is 5.84. The van der Waals surface area contributed by atoms with Crippen LogP contribution in [0, 0.1) is 12.7 Å². The maximum atomic E-state index is 14.0. The van der Waals surface area contributed by atoms with Gasteiger partial charge in [0.15, 0.2) is 0 Å². The van der Waals surface area contributed by atoms with Gasteiger partial charge in [0, 0.05) is 38.3 Å². The lowest BCUT2D eigenvalue weighted by atomic mass is 9.96. The Morgan fingerprint density at radius 1 is 1.30 bits per heavy atom. The van der Waals surface area contributed by atoms with Crippen LogP contribution < -0.4 is 10.6 Å². The van der Waals surface area contributed by atoms with Crippen molar-refractivity contribution in [3.8, 4) is 0 Å². The number of benzene rings is 1. The van der Waals surface area contributed by atoms with Crippen molar-refractivity contribution in [1.82, 2.24) is 14.9 Å². The van der Waals surface area contributed by atoms with Gasteiger partial charge in [-0.2, -0.15) is 0 Å².